The van der Waals surface area contributed by atoms with Crippen molar-refractivity contribution in [1.82, 2.24) is 0 Å². The molecule has 0 aromatic carbocycles. The van der Waals surface area contributed by atoms with Crippen LogP contribution < -0.4 is 0 Å². The second kappa shape index (κ2) is 20.5. The summed E-state index contributed by atoms with van der Waals surface area (Å²) in [7, 11) is 0. The molecule has 8 fully saturated rings. The molecule has 22 heteroatoms. The number of esters is 1. The number of ether oxygens (including phenoxy) is 8. The van der Waals surface area contributed by atoms with Crippen LogP contribution in [0.4, 0.5) is 0 Å². The number of aliphatic carboxylic acids is 1. The maximum absolute atomic E-state index is 14.8. The van der Waals surface area contributed by atoms with Gasteiger partial charge in [0.15, 0.2) is 25.0 Å². The van der Waals surface area contributed by atoms with Crippen LogP contribution in [0.25, 0.3) is 0 Å². The first kappa shape index (κ1) is 57.6. The molecule has 0 radical (unpaired) electrons. The molecular formula is C53H84O22. The van der Waals surface area contributed by atoms with Crippen LogP contribution >= 0.6 is 0 Å². The Morgan fingerprint density at radius 3 is 1.96 bits per heavy atom. The van der Waals surface area contributed by atoms with Crippen LogP contribution in [0.3, 0.4) is 0 Å². The lowest BCUT2D eigenvalue weighted by molar-refractivity contribution is -0.390. The lowest BCUT2D eigenvalue weighted by Crippen LogP contribution is -2.68. The standard InChI is InChI=1S/C53H84O22/c1-22-30(56)33(59)36(62)44(69-22)72-39-38(64)40(42(65)66)73-46(41(39)74-43-35(61)31(57)25(55)21-68-43)71-29-12-13-50(6)27(49(29,4)5)11-14-52(8)28(50)10-9-23-24-19-48(2,3)15-17-53(24,18-16-51(23,52)7)47(67)75-45-37(63)34(60)32(58)26(20-54)70-45/h9,22,24-41,43-46,54-64H,10-21H2,1-8H3,(H,65,66)/t22?,24?,25?,26?,27?,28?,29?,30?,31?,32?,33?,34?,35?,36?,37?,38?,39?,40?,41?,43?,44?,45?,46?,50?,51-,52?,53?/m1/s1. The molecule has 26 unspecified atom stereocenters. The van der Waals surface area contributed by atoms with E-state index in [4.69, 9.17) is 37.9 Å². The lowest BCUT2D eigenvalue weighted by Gasteiger charge is -2.71. The van der Waals surface area contributed by atoms with Gasteiger partial charge in [0.25, 0.3) is 0 Å². The molecule has 0 aromatic rings. The van der Waals surface area contributed by atoms with Crippen molar-refractivity contribution in [2.75, 3.05) is 13.2 Å². The van der Waals surface area contributed by atoms with Gasteiger partial charge in [0.05, 0.1) is 30.8 Å². The highest BCUT2D eigenvalue weighted by atomic mass is 16.8. The summed E-state index contributed by atoms with van der Waals surface area (Å²) in [4.78, 5) is 27.6. The molecule has 0 aromatic heterocycles. The van der Waals surface area contributed by atoms with Crippen LogP contribution in [0, 0.1) is 50.2 Å². The molecule has 9 rings (SSSR count). The van der Waals surface area contributed by atoms with Crippen LogP contribution in [0.15, 0.2) is 11.6 Å². The summed E-state index contributed by atoms with van der Waals surface area (Å²) in [5, 5.41) is 128. The smallest absolute Gasteiger partial charge is 0.335 e. The van der Waals surface area contributed by atoms with Crippen molar-refractivity contribution in [3.63, 3.8) is 0 Å². The average Bonchev–Trinajstić information content (AvgIpc) is 3.34. The molecule has 5 aliphatic carbocycles. The Morgan fingerprint density at radius 2 is 1.28 bits per heavy atom. The maximum atomic E-state index is 14.8. The van der Waals surface area contributed by atoms with E-state index in [1.807, 2.05) is 0 Å². The topological polar surface area (TPSA) is 351 Å². The van der Waals surface area contributed by atoms with Gasteiger partial charge in [-0.2, -0.15) is 0 Å². The van der Waals surface area contributed by atoms with E-state index < -0.39 is 159 Å². The fraction of sp³-hybridized carbons (Fsp3) is 0.925. The Labute approximate surface area is 437 Å². The predicted octanol–water partition coefficient (Wildman–Crippen LogP) is -0.276. The number of carboxylic acids is 1. The first-order valence-corrected chi connectivity index (χ1v) is 27.1. The number of aliphatic hydroxyl groups is 11. The molecule has 428 valence electrons. The van der Waals surface area contributed by atoms with Crippen LogP contribution in [-0.2, 0) is 47.5 Å². The Hall–Kier alpha value is -2.04. The van der Waals surface area contributed by atoms with Crippen LogP contribution in [-0.4, -0.2) is 209 Å². The van der Waals surface area contributed by atoms with Crippen molar-refractivity contribution in [2.24, 2.45) is 50.2 Å². The van der Waals surface area contributed by atoms with E-state index in [1.54, 1.807) is 0 Å². The van der Waals surface area contributed by atoms with Gasteiger partial charge in [-0.05, 0) is 116 Å². The molecule has 4 saturated carbocycles. The first-order chi connectivity index (χ1) is 35.0. The Morgan fingerprint density at radius 1 is 0.640 bits per heavy atom. The highest BCUT2D eigenvalue weighted by Crippen LogP contribution is 2.76. The molecule has 22 nitrogen and oxygen atoms in total. The van der Waals surface area contributed by atoms with Gasteiger partial charge in [-0.3, -0.25) is 4.79 Å². The second-order valence-electron chi connectivity index (χ2n) is 25.8. The zero-order chi connectivity index (χ0) is 54.9. The Kier molecular flexibility index (Phi) is 15.8. The van der Waals surface area contributed by atoms with E-state index in [2.05, 4.69) is 54.5 Å². The van der Waals surface area contributed by atoms with E-state index in [-0.39, 0.29) is 39.4 Å². The summed E-state index contributed by atoms with van der Waals surface area (Å²) in [5.74, 6) is -2.12. The Bertz CT molecular complexity index is 2120. The molecule has 9 aliphatic rings. The molecule has 4 saturated heterocycles. The number of carbonyl (C=O) groups is 2. The summed E-state index contributed by atoms with van der Waals surface area (Å²) in [6.45, 7) is 16.0. The van der Waals surface area contributed by atoms with Gasteiger partial charge in [-0.15, -0.1) is 0 Å². The van der Waals surface area contributed by atoms with Crippen molar-refractivity contribution in [3.8, 4) is 0 Å². The van der Waals surface area contributed by atoms with Crippen molar-refractivity contribution < 1.29 is 109 Å². The third kappa shape index (κ3) is 9.36. The van der Waals surface area contributed by atoms with Gasteiger partial charge in [-0.25, -0.2) is 4.79 Å². The SMILES string of the molecule is CC1OC(OC2C(O)C(C(=O)O)OC(OC3CCC4(C)C(CCC5(C)C4CC=C4C6CC(C)(C)CCC6(C(=O)OC6OC(CO)C(O)C(O)C6O)CC[C@]45C)C3(C)C)C2OC2OCC(O)C(O)C2O)C(O)C(O)C1O. The van der Waals surface area contributed by atoms with E-state index in [1.165, 1.54) is 12.5 Å². The molecule has 4 heterocycles. The summed E-state index contributed by atoms with van der Waals surface area (Å²) in [6.07, 6.45) is -23.3. The zero-order valence-electron chi connectivity index (χ0n) is 44.3. The number of aliphatic hydroxyl groups excluding tert-OH is 11. The minimum absolute atomic E-state index is 0.0291. The lowest BCUT2D eigenvalue weighted by atomic mass is 9.33. The van der Waals surface area contributed by atoms with Crippen LogP contribution in [0.1, 0.15) is 120 Å². The third-order valence-electron chi connectivity index (χ3n) is 21.0. The largest absolute Gasteiger partial charge is 0.479 e. The fourth-order valence-electron chi connectivity index (χ4n) is 16.2. The van der Waals surface area contributed by atoms with Crippen LogP contribution in [0.2, 0.25) is 0 Å². The molecule has 0 spiro atoms. The number of carbonyl (C=O) groups excluding carboxylic acids is 1. The van der Waals surface area contributed by atoms with Crippen molar-refractivity contribution in [3.05, 3.63) is 11.6 Å². The normalized spacial score (nSPS) is 53.5. The highest BCUT2D eigenvalue weighted by Gasteiger charge is 2.70. The van der Waals surface area contributed by atoms with E-state index in [0.29, 0.717) is 32.1 Å². The first-order valence-electron chi connectivity index (χ1n) is 27.1. The minimum Gasteiger partial charge on any atom is -0.479 e. The predicted molar refractivity (Wildman–Crippen MR) is 256 cm³/mol. The summed E-state index contributed by atoms with van der Waals surface area (Å²) >= 11 is 0. The third-order valence-corrected chi connectivity index (χ3v) is 21.0. The van der Waals surface area contributed by atoms with E-state index in [0.717, 1.165) is 32.1 Å². The molecular weight excluding hydrogens is 989 g/mol. The van der Waals surface area contributed by atoms with Gasteiger partial charge >= 0.3 is 11.9 Å². The molecule has 75 heavy (non-hydrogen) atoms. The van der Waals surface area contributed by atoms with Gasteiger partial charge in [0, 0.05) is 0 Å². The van der Waals surface area contributed by atoms with E-state index >= 15 is 0 Å². The summed E-state index contributed by atoms with van der Waals surface area (Å²) < 4.78 is 48.3. The minimum atomic E-state index is -2.04. The quantitative estimate of drug-likeness (QED) is 0.0761. The second-order valence-corrected chi connectivity index (χ2v) is 25.8. The van der Waals surface area contributed by atoms with Crippen molar-refractivity contribution in [2.45, 2.75) is 242 Å². The fourth-order valence-corrected chi connectivity index (χ4v) is 16.2. The molecule has 12 N–H and O–H groups in total. The Balaban J connectivity index is 0.994. The summed E-state index contributed by atoms with van der Waals surface area (Å²) in [6, 6.07) is 0. The van der Waals surface area contributed by atoms with Gasteiger partial charge in [-0.1, -0.05) is 60.1 Å². The van der Waals surface area contributed by atoms with Crippen molar-refractivity contribution >= 4 is 11.9 Å². The van der Waals surface area contributed by atoms with E-state index in [9.17, 15) is 70.9 Å². The number of allylic oxidation sites excluding steroid dienone is 2. The van der Waals surface area contributed by atoms with Crippen LogP contribution in [0.5, 0.6) is 0 Å². The number of hydrogen-bond acceptors (Lipinski definition) is 21. The monoisotopic (exact) mass is 1070 g/mol. The number of hydrogen-bond donors (Lipinski definition) is 12. The average molecular weight is 1070 g/mol. The number of carboxylic acid groups (broad SMARTS) is 1. The highest BCUT2D eigenvalue weighted by molar-refractivity contribution is 5.79. The molecule has 27 atom stereocenters. The zero-order valence-corrected chi connectivity index (χ0v) is 44.3. The van der Waals surface area contributed by atoms with Crippen molar-refractivity contribution in [1.29, 1.82) is 0 Å². The molecule has 4 aliphatic heterocycles. The molecule has 0 bridgehead atoms. The van der Waals surface area contributed by atoms with Gasteiger partial charge in [0.1, 0.15) is 79.4 Å². The molecule has 0 amide bonds. The number of fused-ring (bicyclic) bond motifs is 7. The summed E-state index contributed by atoms with van der Waals surface area (Å²) in [5.41, 5.74) is -1.31. The van der Waals surface area contributed by atoms with Gasteiger partial charge < -0.3 is 99.2 Å². The van der Waals surface area contributed by atoms with Gasteiger partial charge in [0.2, 0.25) is 6.29 Å². The number of rotatable bonds is 10. The maximum Gasteiger partial charge on any atom is 0.335 e.